The van der Waals surface area contributed by atoms with Gasteiger partial charge in [-0.2, -0.15) is 0 Å². The van der Waals surface area contributed by atoms with Gasteiger partial charge in [0, 0.05) is 0 Å². The molecule has 1 unspecified atom stereocenters. The Morgan fingerprint density at radius 1 is 1.43 bits per heavy atom. The number of ether oxygens (including phenoxy) is 2. The molecule has 0 radical (unpaired) electrons. The first kappa shape index (κ1) is 12.9. The van der Waals surface area contributed by atoms with Crippen molar-refractivity contribution < 1.29 is 14.3 Å². The third-order valence-corrected chi connectivity index (χ3v) is 1.58. The van der Waals surface area contributed by atoms with Crippen LogP contribution in [0.2, 0.25) is 0 Å². The van der Waals surface area contributed by atoms with E-state index in [9.17, 15) is 4.79 Å². The summed E-state index contributed by atoms with van der Waals surface area (Å²) in [6.45, 7) is 4.40. The lowest BCUT2D eigenvalue weighted by molar-refractivity contribution is -0.143. The predicted octanol–water partition coefficient (Wildman–Crippen LogP) is 0.671. The molecule has 0 aromatic heterocycles. The van der Waals surface area contributed by atoms with Crippen molar-refractivity contribution in [1.29, 1.82) is 5.41 Å². The lowest BCUT2D eigenvalue weighted by Crippen LogP contribution is -2.40. The van der Waals surface area contributed by atoms with Gasteiger partial charge in [-0.3, -0.25) is 5.41 Å². The first-order valence-electron chi connectivity index (χ1n) is 4.76. The van der Waals surface area contributed by atoms with E-state index < -0.39 is 12.0 Å². The van der Waals surface area contributed by atoms with Gasteiger partial charge in [0.25, 0.3) is 0 Å². The molecule has 14 heavy (non-hydrogen) atoms. The molecule has 0 aliphatic rings. The minimum Gasteiger partial charge on any atom is -0.480 e. The summed E-state index contributed by atoms with van der Waals surface area (Å²) in [6.07, 6.45) is 1.76. The summed E-state index contributed by atoms with van der Waals surface area (Å²) in [7, 11) is 0. The highest BCUT2D eigenvalue weighted by atomic mass is 16.5. The van der Waals surface area contributed by atoms with E-state index in [-0.39, 0.29) is 5.90 Å². The molecule has 82 valence electrons. The molecule has 0 aromatic carbocycles. The molecule has 5 heteroatoms. The van der Waals surface area contributed by atoms with Crippen LogP contribution in [0, 0.1) is 5.41 Å². The highest BCUT2D eigenvalue weighted by molar-refractivity contribution is 6.00. The van der Waals surface area contributed by atoms with Crippen LogP contribution in [0.15, 0.2) is 0 Å². The van der Waals surface area contributed by atoms with Crippen molar-refractivity contribution in [2.45, 2.75) is 32.7 Å². The van der Waals surface area contributed by atoms with E-state index >= 15 is 0 Å². The third kappa shape index (κ3) is 4.81. The van der Waals surface area contributed by atoms with Crippen molar-refractivity contribution in [2.75, 3.05) is 13.2 Å². The molecule has 0 spiro atoms. The minimum atomic E-state index is -1.09. The molecule has 0 aliphatic heterocycles. The zero-order valence-electron chi connectivity index (χ0n) is 8.71. The van der Waals surface area contributed by atoms with Crippen LogP contribution in [0.1, 0.15) is 26.7 Å². The van der Waals surface area contributed by atoms with Crippen molar-refractivity contribution in [3.05, 3.63) is 0 Å². The predicted molar refractivity (Wildman–Crippen MR) is 53.2 cm³/mol. The van der Waals surface area contributed by atoms with Crippen LogP contribution in [0.25, 0.3) is 0 Å². The smallest absolute Gasteiger partial charge is 0.332 e. The summed E-state index contributed by atoms with van der Waals surface area (Å²) >= 11 is 0. The third-order valence-electron chi connectivity index (χ3n) is 1.58. The maximum absolute atomic E-state index is 11.2. The number of unbranched alkanes of at least 4 members (excludes halogenated alkanes) is 1. The van der Waals surface area contributed by atoms with E-state index in [4.69, 9.17) is 20.6 Å². The Kier molecular flexibility index (Phi) is 6.74. The molecule has 0 rings (SSSR count). The van der Waals surface area contributed by atoms with Crippen LogP contribution in [0.5, 0.6) is 0 Å². The fourth-order valence-corrected chi connectivity index (χ4v) is 0.759. The van der Waals surface area contributed by atoms with Crippen LogP contribution >= 0.6 is 0 Å². The van der Waals surface area contributed by atoms with E-state index in [2.05, 4.69) is 0 Å². The maximum atomic E-state index is 11.2. The van der Waals surface area contributed by atoms with Gasteiger partial charge in [0.15, 0.2) is 6.04 Å². The van der Waals surface area contributed by atoms with Gasteiger partial charge >= 0.3 is 5.97 Å². The summed E-state index contributed by atoms with van der Waals surface area (Å²) in [5, 5.41) is 7.26. The van der Waals surface area contributed by atoms with Crippen LogP contribution in [-0.2, 0) is 14.3 Å². The Bertz CT molecular complexity index is 194. The molecule has 0 amide bonds. The van der Waals surface area contributed by atoms with Gasteiger partial charge in [0.05, 0.1) is 13.2 Å². The van der Waals surface area contributed by atoms with Gasteiger partial charge in [0.1, 0.15) is 0 Å². The molecule has 0 bridgehead atoms. The van der Waals surface area contributed by atoms with Gasteiger partial charge in [-0.25, -0.2) is 4.79 Å². The lowest BCUT2D eigenvalue weighted by atomic mass is 10.3. The molecule has 5 nitrogen and oxygen atoms in total. The highest BCUT2D eigenvalue weighted by Gasteiger charge is 2.21. The summed E-state index contributed by atoms with van der Waals surface area (Å²) < 4.78 is 9.62. The zero-order valence-corrected chi connectivity index (χ0v) is 8.71. The van der Waals surface area contributed by atoms with Crippen molar-refractivity contribution in [3.63, 3.8) is 0 Å². The van der Waals surface area contributed by atoms with Gasteiger partial charge < -0.3 is 15.2 Å². The van der Waals surface area contributed by atoms with Crippen molar-refractivity contribution >= 4 is 11.9 Å². The molecule has 0 heterocycles. The molecular formula is C9H18N2O3. The highest BCUT2D eigenvalue weighted by Crippen LogP contribution is 1.94. The Morgan fingerprint density at radius 3 is 2.57 bits per heavy atom. The van der Waals surface area contributed by atoms with Crippen LogP contribution in [-0.4, -0.2) is 31.1 Å². The number of nitrogens with one attached hydrogen (secondary N) is 1. The first-order chi connectivity index (χ1) is 6.63. The largest absolute Gasteiger partial charge is 0.480 e. The van der Waals surface area contributed by atoms with E-state index in [1.165, 1.54) is 0 Å². The standard InChI is InChI=1S/C9H18N2O3/c1-3-5-6-14-9(12)7(10)8(11)13-4-2/h7,11H,3-6,10H2,1-2H3. The number of rotatable bonds is 6. The molecule has 0 aliphatic carbocycles. The first-order valence-corrected chi connectivity index (χ1v) is 4.76. The Morgan fingerprint density at radius 2 is 2.07 bits per heavy atom. The van der Waals surface area contributed by atoms with Gasteiger partial charge in [0.2, 0.25) is 5.90 Å². The van der Waals surface area contributed by atoms with Gasteiger partial charge in [-0.15, -0.1) is 0 Å². The van der Waals surface area contributed by atoms with Crippen LogP contribution in [0.4, 0.5) is 0 Å². The molecule has 1 atom stereocenters. The SMILES string of the molecule is CCCCOC(=O)C(N)C(=N)OCC. The summed E-state index contributed by atoms with van der Waals surface area (Å²) in [5.41, 5.74) is 5.40. The molecule has 0 aromatic rings. The van der Waals surface area contributed by atoms with Gasteiger partial charge in [-0.05, 0) is 13.3 Å². The number of carbonyl (C=O) groups excluding carboxylic acids is 1. The minimum absolute atomic E-state index is 0.242. The number of hydrogen-bond acceptors (Lipinski definition) is 5. The molecule has 0 saturated heterocycles. The van der Waals surface area contributed by atoms with E-state index in [0.717, 1.165) is 12.8 Å². The molecular weight excluding hydrogens is 184 g/mol. The maximum Gasteiger partial charge on any atom is 0.332 e. The topological polar surface area (TPSA) is 85.4 Å². The Hall–Kier alpha value is -1.10. The molecule has 3 N–H and O–H groups in total. The number of nitrogens with two attached hydrogens (primary N) is 1. The van der Waals surface area contributed by atoms with Crippen molar-refractivity contribution in [3.8, 4) is 0 Å². The zero-order chi connectivity index (χ0) is 11.0. The second-order valence-electron chi connectivity index (χ2n) is 2.80. The Balaban J connectivity index is 3.80. The summed E-state index contributed by atoms with van der Waals surface area (Å²) in [5.74, 6) is -0.842. The van der Waals surface area contributed by atoms with Crippen molar-refractivity contribution in [1.82, 2.24) is 0 Å². The summed E-state index contributed by atoms with van der Waals surface area (Å²) in [4.78, 5) is 11.2. The number of carbonyl (C=O) groups is 1. The number of esters is 1. The monoisotopic (exact) mass is 202 g/mol. The van der Waals surface area contributed by atoms with Gasteiger partial charge in [-0.1, -0.05) is 13.3 Å². The second-order valence-corrected chi connectivity index (χ2v) is 2.80. The van der Waals surface area contributed by atoms with E-state index in [1.54, 1.807) is 6.92 Å². The van der Waals surface area contributed by atoms with Crippen LogP contribution in [0.3, 0.4) is 0 Å². The summed E-state index contributed by atoms with van der Waals surface area (Å²) in [6, 6.07) is -1.09. The fourth-order valence-electron chi connectivity index (χ4n) is 0.759. The number of hydrogen-bond donors (Lipinski definition) is 2. The fraction of sp³-hybridized carbons (Fsp3) is 0.778. The average Bonchev–Trinajstić information content (AvgIpc) is 2.17. The van der Waals surface area contributed by atoms with E-state index in [1.807, 2.05) is 6.92 Å². The van der Waals surface area contributed by atoms with E-state index in [0.29, 0.717) is 13.2 Å². The van der Waals surface area contributed by atoms with Crippen LogP contribution < -0.4 is 5.73 Å². The van der Waals surface area contributed by atoms with Crippen molar-refractivity contribution in [2.24, 2.45) is 5.73 Å². The quantitative estimate of drug-likeness (QED) is 0.287. The Labute approximate surface area is 84.1 Å². The molecule has 0 saturated carbocycles. The normalized spacial score (nSPS) is 11.9. The lowest BCUT2D eigenvalue weighted by Gasteiger charge is -2.12. The molecule has 0 fully saturated rings. The average molecular weight is 202 g/mol. The second kappa shape index (κ2) is 7.32.